The highest BCUT2D eigenvalue weighted by molar-refractivity contribution is 7.77. The molecule has 1 nitrogen and oxygen atoms in total. The van der Waals surface area contributed by atoms with Crippen molar-refractivity contribution < 1.29 is 5.11 Å². The van der Waals surface area contributed by atoms with E-state index in [4.69, 9.17) is 0 Å². The van der Waals surface area contributed by atoms with E-state index in [1.807, 2.05) is 0 Å². The summed E-state index contributed by atoms with van der Waals surface area (Å²) in [5.74, 6) is 0.952. The number of hydrogen-bond donors (Lipinski definition) is 1. The lowest BCUT2D eigenvalue weighted by atomic mass is 9.97. The predicted molar refractivity (Wildman–Crippen MR) is 148 cm³/mol. The Bertz CT molecular complexity index is 1120. The van der Waals surface area contributed by atoms with Crippen molar-refractivity contribution in [3.05, 3.63) is 121 Å². The summed E-state index contributed by atoms with van der Waals surface area (Å²) in [5, 5.41) is 17.0. The molecule has 0 heterocycles. The van der Waals surface area contributed by atoms with Gasteiger partial charge in [-0.15, -0.1) is 0 Å². The number of aliphatic hydroxyl groups excluding tert-OH is 1. The Hall–Kier alpha value is -2.30. The Labute approximate surface area is 205 Å². The second-order valence-corrected chi connectivity index (χ2v) is 14.3. The second kappa shape index (κ2) is 9.75. The van der Waals surface area contributed by atoms with Crippen LogP contribution in [0.25, 0.3) is 0 Å². The lowest BCUT2D eigenvalue weighted by Crippen LogP contribution is -2.43. The molecule has 2 bridgehead atoms. The summed E-state index contributed by atoms with van der Waals surface area (Å²) in [7, 11) is -1.12. The molecule has 4 aromatic rings. The van der Waals surface area contributed by atoms with E-state index in [2.05, 4.69) is 121 Å². The Balaban J connectivity index is 1.53. The molecule has 0 aliphatic heterocycles. The van der Waals surface area contributed by atoms with Crippen LogP contribution in [0.5, 0.6) is 0 Å². The van der Waals surface area contributed by atoms with Gasteiger partial charge < -0.3 is 5.11 Å². The third-order valence-corrected chi connectivity index (χ3v) is 13.9. The Kier molecular flexibility index (Phi) is 6.36. The average Bonchev–Trinajstić information content (AvgIpc) is 3.45. The maximum Gasteiger partial charge on any atom is 0.0577 e. The fraction of sp³-hybridized carbons (Fsp3) is 0.226. The van der Waals surface area contributed by atoms with E-state index in [0.29, 0.717) is 23.2 Å². The molecule has 2 aliphatic rings. The molecule has 170 valence electrons. The summed E-state index contributed by atoms with van der Waals surface area (Å²) in [6, 6.07) is 44.7. The molecular weight excluding hydrogens is 450 g/mol. The van der Waals surface area contributed by atoms with Crippen molar-refractivity contribution >= 4 is 37.1 Å². The first-order valence-corrected chi connectivity index (χ1v) is 15.1. The summed E-state index contributed by atoms with van der Waals surface area (Å²) >= 11 is 0. The SMILES string of the molecule is O[C@@H]1C[C@H]2C[C@@H]1[C@@H](P(c1ccccc1)c1ccccc1)[C@@H]2P(c1ccccc1)c1ccccc1. The van der Waals surface area contributed by atoms with Crippen molar-refractivity contribution in [1.29, 1.82) is 0 Å². The first-order valence-electron chi connectivity index (χ1n) is 12.3. The molecule has 5 atom stereocenters. The zero-order chi connectivity index (χ0) is 22.9. The maximum atomic E-state index is 11.2. The van der Waals surface area contributed by atoms with Gasteiger partial charge in [0.2, 0.25) is 0 Å². The van der Waals surface area contributed by atoms with Crippen molar-refractivity contribution in [3.63, 3.8) is 0 Å². The van der Waals surface area contributed by atoms with E-state index in [1.54, 1.807) is 0 Å². The number of hydrogen-bond acceptors (Lipinski definition) is 1. The molecule has 0 saturated heterocycles. The summed E-state index contributed by atoms with van der Waals surface area (Å²) in [6.07, 6.45) is 1.94. The van der Waals surface area contributed by atoms with Gasteiger partial charge in [0.15, 0.2) is 0 Å². The molecule has 2 saturated carbocycles. The van der Waals surface area contributed by atoms with E-state index in [0.717, 1.165) is 12.8 Å². The number of rotatable bonds is 6. The number of fused-ring (bicyclic) bond motifs is 2. The standard InChI is InChI=1S/C31H30OP2/c32-29-22-23-21-28(29)31(34(26-17-9-3-10-18-26)27-19-11-4-12-20-27)30(23)33(24-13-5-1-6-14-24)25-15-7-2-8-16-25/h1-20,23,28-32H,21-22H2/t23-,28+,29-,30-,31-/m1/s1. The summed E-state index contributed by atoms with van der Waals surface area (Å²) in [4.78, 5) is 0. The molecule has 0 radical (unpaired) electrons. The van der Waals surface area contributed by atoms with Crippen LogP contribution in [0.1, 0.15) is 12.8 Å². The van der Waals surface area contributed by atoms with Crippen LogP contribution in [-0.4, -0.2) is 22.5 Å². The van der Waals surface area contributed by atoms with Gasteiger partial charge in [0, 0.05) is 5.66 Å². The summed E-state index contributed by atoms with van der Waals surface area (Å²) in [6.45, 7) is 0. The third-order valence-electron chi connectivity index (χ3n) is 7.62. The minimum atomic E-state index is -0.590. The average molecular weight is 481 g/mol. The van der Waals surface area contributed by atoms with Crippen molar-refractivity contribution in [1.82, 2.24) is 0 Å². The van der Waals surface area contributed by atoms with Gasteiger partial charge in [0.05, 0.1) is 6.10 Å². The number of aliphatic hydroxyl groups is 1. The lowest BCUT2D eigenvalue weighted by molar-refractivity contribution is 0.117. The van der Waals surface area contributed by atoms with E-state index >= 15 is 0 Å². The Morgan fingerprint density at radius 2 is 0.824 bits per heavy atom. The Morgan fingerprint density at radius 1 is 0.471 bits per heavy atom. The fourth-order valence-corrected chi connectivity index (χ4v) is 13.5. The van der Waals surface area contributed by atoms with Crippen LogP contribution in [0, 0.1) is 11.8 Å². The minimum absolute atomic E-state index is 0.174. The second-order valence-electron chi connectivity index (χ2n) is 9.53. The molecule has 3 heteroatoms. The summed E-state index contributed by atoms with van der Waals surface area (Å²) < 4.78 is 0. The zero-order valence-corrected chi connectivity index (χ0v) is 21.0. The lowest BCUT2D eigenvalue weighted by Gasteiger charge is -2.43. The van der Waals surface area contributed by atoms with Gasteiger partial charge in [0.25, 0.3) is 0 Å². The molecule has 0 aromatic heterocycles. The normalized spacial score (nSPS) is 25.8. The van der Waals surface area contributed by atoms with Gasteiger partial charge >= 0.3 is 0 Å². The smallest absolute Gasteiger partial charge is 0.0577 e. The van der Waals surface area contributed by atoms with E-state index in [1.165, 1.54) is 21.2 Å². The van der Waals surface area contributed by atoms with Gasteiger partial charge in [-0.1, -0.05) is 121 Å². The fourth-order valence-electron chi connectivity index (χ4n) is 6.31. The molecule has 34 heavy (non-hydrogen) atoms. The molecule has 2 fully saturated rings. The molecule has 0 amide bonds. The van der Waals surface area contributed by atoms with Crippen LogP contribution < -0.4 is 21.2 Å². The van der Waals surface area contributed by atoms with Gasteiger partial charge in [0.1, 0.15) is 0 Å². The first-order chi connectivity index (χ1) is 16.8. The monoisotopic (exact) mass is 480 g/mol. The minimum Gasteiger partial charge on any atom is -0.393 e. The maximum absolute atomic E-state index is 11.2. The van der Waals surface area contributed by atoms with Crippen molar-refractivity contribution in [2.24, 2.45) is 11.8 Å². The largest absolute Gasteiger partial charge is 0.393 e. The van der Waals surface area contributed by atoms with Crippen LogP contribution in [0.15, 0.2) is 121 Å². The van der Waals surface area contributed by atoms with Crippen LogP contribution in [0.3, 0.4) is 0 Å². The number of benzene rings is 4. The molecule has 4 aromatic carbocycles. The molecule has 0 unspecified atom stereocenters. The summed E-state index contributed by atoms with van der Waals surface area (Å²) in [5.41, 5.74) is 1.04. The van der Waals surface area contributed by atoms with Crippen molar-refractivity contribution in [3.8, 4) is 0 Å². The molecule has 6 rings (SSSR count). The molecule has 2 aliphatic carbocycles. The third kappa shape index (κ3) is 4.05. The predicted octanol–water partition coefficient (Wildman–Crippen LogP) is 5.39. The molecular formula is C31H30OP2. The topological polar surface area (TPSA) is 20.2 Å². The highest BCUT2D eigenvalue weighted by Crippen LogP contribution is 2.66. The van der Waals surface area contributed by atoms with Crippen LogP contribution in [0.4, 0.5) is 0 Å². The van der Waals surface area contributed by atoms with Crippen LogP contribution in [-0.2, 0) is 0 Å². The van der Waals surface area contributed by atoms with Crippen molar-refractivity contribution in [2.75, 3.05) is 0 Å². The van der Waals surface area contributed by atoms with Gasteiger partial charge in [-0.05, 0) is 67.4 Å². The van der Waals surface area contributed by atoms with Gasteiger partial charge in [-0.3, -0.25) is 0 Å². The van der Waals surface area contributed by atoms with E-state index in [9.17, 15) is 5.11 Å². The van der Waals surface area contributed by atoms with Crippen LogP contribution >= 0.6 is 15.8 Å². The van der Waals surface area contributed by atoms with E-state index in [-0.39, 0.29) is 6.10 Å². The molecule has 0 spiro atoms. The zero-order valence-electron chi connectivity index (χ0n) is 19.2. The highest BCUT2D eigenvalue weighted by Gasteiger charge is 2.57. The van der Waals surface area contributed by atoms with Crippen LogP contribution in [0.2, 0.25) is 0 Å². The highest BCUT2D eigenvalue weighted by atomic mass is 31.1. The first kappa shape index (κ1) is 22.2. The quantitative estimate of drug-likeness (QED) is 0.367. The molecule has 1 N–H and O–H groups in total. The van der Waals surface area contributed by atoms with Gasteiger partial charge in [-0.25, -0.2) is 0 Å². The Morgan fingerprint density at radius 3 is 1.21 bits per heavy atom. The van der Waals surface area contributed by atoms with Crippen molar-refractivity contribution in [2.45, 2.75) is 30.3 Å². The van der Waals surface area contributed by atoms with Gasteiger partial charge in [-0.2, -0.15) is 0 Å². The van der Waals surface area contributed by atoms with E-state index < -0.39 is 15.8 Å².